The Morgan fingerprint density at radius 1 is 1.29 bits per heavy atom. The lowest BCUT2D eigenvalue weighted by atomic mass is 10.1. The summed E-state index contributed by atoms with van der Waals surface area (Å²) >= 11 is 0. The van der Waals surface area contributed by atoms with Gasteiger partial charge in [0.25, 0.3) is 5.91 Å². The molecule has 1 aromatic rings. The molecule has 0 fully saturated rings. The van der Waals surface area contributed by atoms with Gasteiger partial charge in [-0.15, -0.1) is 0 Å². The molecule has 1 rings (SSSR count). The molecule has 6 nitrogen and oxygen atoms in total. The smallest absolute Gasteiger partial charge is 0.303 e. The Morgan fingerprint density at radius 2 is 2.00 bits per heavy atom. The normalized spacial score (nSPS) is 11.5. The fraction of sp³-hybridized carbons (Fsp3) is 0.400. The first-order chi connectivity index (χ1) is 9.92. The highest BCUT2D eigenvalue weighted by atomic mass is 16.4. The predicted molar refractivity (Wildman–Crippen MR) is 79.2 cm³/mol. The maximum Gasteiger partial charge on any atom is 0.303 e. The molecule has 1 aromatic carbocycles. The molecule has 1 unspecified atom stereocenters. The highest BCUT2D eigenvalue weighted by Gasteiger charge is 2.11. The zero-order valence-corrected chi connectivity index (χ0v) is 12.2. The summed E-state index contributed by atoms with van der Waals surface area (Å²) in [7, 11) is 0. The minimum atomic E-state index is -0.889. The van der Waals surface area contributed by atoms with Gasteiger partial charge in [0.2, 0.25) is 5.91 Å². The van der Waals surface area contributed by atoms with Crippen LogP contribution in [0.15, 0.2) is 24.3 Å². The van der Waals surface area contributed by atoms with Gasteiger partial charge < -0.3 is 15.7 Å². The molecule has 0 aliphatic carbocycles. The van der Waals surface area contributed by atoms with Gasteiger partial charge >= 0.3 is 5.97 Å². The van der Waals surface area contributed by atoms with E-state index in [1.807, 2.05) is 0 Å². The van der Waals surface area contributed by atoms with Crippen molar-refractivity contribution in [3.8, 4) is 0 Å². The first-order valence-corrected chi connectivity index (χ1v) is 6.85. The van der Waals surface area contributed by atoms with Crippen molar-refractivity contribution in [1.82, 2.24) is 5.32 Å². The van der Waals surface area contributed by atoms with Gasteiger partial charge in [0.05, 0.1) is 0 Å². The van der Waals surface area contributed by atoms with Gasteiger partial charge in [-0.1, -0.05) is 13.0 Å². The van der Waals surface area contributed by atoms with Gasteiger partial charge in [-0.3, -0.25) is 14.4 Å². The molecule has 1 atom stereocenters. The van der Waals surface area contributed by atoms with Gasteiger partial charge in [0.1, 0.15) is 0 Å². The van der Waals surface area contributed by atoms with Crippen LogP contribution in [-0.2, 0) is 9.59 Å². The molecule has 0 spiro atoms. The topological polar surface area (TPSA) is 95.5 Å². The minimum absolute atomic E-state index is 0.00798. The van der Waals surface area contributed by atoms with E-state index in [0.717, 1.165) is 0 Å². The molecule has 0 bridgehead atoms. The van der Waals surface area contributed by atoms with Crippen LogP contribution in [-0.4, -0.2) is 28.9 Å². The van der Waals surface area contributed by atoms with E-state index < -0.39 is 5.97 Å². The Bertz CT molecular complexity index is 528. The van der Waals surface area contributed by atoms with Crippen LogP contribution in [0.1, 0.15) is 43.5 Å². The number of carbonyl (C=O) groups is 3. The van der Waals surface area contributed by atoms with E-state index in [9.17, 15) is 14.4 Å². The minimum Gasteiger partial charge on any atom is -0.481 e. The van der Waals surface area contributed by atoms with E-state index in [2.05, 4.69) is 10.6 Å². The fourth-order valence-corrected chi connectivity index (χ4v) is 1.71. The number of carbonyl (C=O) groups excluding carboxylic acids is 2. The van der Waals surface area contributed by atoms with Gasteiger partial charge in [0.15, 0.2) is 0 Å². The van der Waals surface area contributed by atoms with Gasteiger partial charge in [-0.05, 0) is 31.5 Å². The van der Waals surface area contributed by atoms with Crippen molar-refractivity contribution < 1.29 is 19.5 Å². The third-order valence-electron chi connectivity index (χ3n) is 2.90. The molecule has 0 heterocycles. The van der Waals surface area contributed by atoms with Crippen molar-refractivity contribution in [3.63, 3.8) is 0 Å². The SMILES string of the molecule is CCC(=O)Nc1cccc(C(=O)NC(C)CCC(=O)O)c1. The van der Waals surface area contributed by atoms with E-state index in [-0.39, 0.29) is 24.3 Å². The van der Waals surface area contributed by atoms with Crippen LogP contribution < -0.4 is 10.6 Å². The molecule has 21 heavy (non-hydrogen) atoms. The third-order valence-corrected chi connectivity index (χ3v) is 2.90. The molecule has 0 aromatic heterocycles. The summed E-state index contributed by atoms with van der Waals surface area (Å²) in [4.78, 5) is 33.8. The van der Waals surface area contributed by atoms with E-state index in [0.29, 0.717) is 24.1 Å². The van der Waals surface area contributed by atoms with Gasteiger partial charge in [-0.25, -0.2) is 0 Å². The number of carboxylic acid groups (broad SMARTS) is 1. The Labute approximate surface area is 123 Å². The fourth-order valence-electron chi connectivity index (χ4n) is 1.71. The molecule has 3 N–H and O–H groups in total. The van der Waals surface area contributed by atoms with Crippen LogP contribution in [0.3, 0.4) is 0 Å². The van der Waals surface area contributed by atoms with Gasteiger partial charge in [-0.2, -0.15) is 0 Å². The lowest BCUT2D eigenvalue weighted by Gasteiger charge is -2.13. The van der Waals surface area contributed by atoms with Crippen LogP contribution in [0.2, 0.25) is 0 Å². The molecule has 0 saturated heterocycles. The van der Waals surface area contributed by atoms with E-state index in [1.54, 1.807) is 38.1 Å². The van der Waals surface area contributed by atoms with Crippen LogP contribution in [0.25, 0.3) is 0 Å². The zero-order chi connectivity index (χ0) is 15.8. The Balaban J connectivity index is 2.63. The van der Waals surface area contributed by atoms with Crippen LogP contribution >= 0.6 is 0 Å². The van der Waals surface area contributed by atoms with Crippen molar-refractivity contribution in [3.05, 3.63) is 29.8 Å². The number of rotatable bonds is 7. The quantitative estimate of drug-likeness (QED) is 0.716. The molecular formula is C15H20N2O4. The molecule has 2 amide bonds. The summed E-state index contributed by atoms with van der Waals surface area (Å²) < 4.78 is 0. The second-order valence-electron chi connectivity index (χ2n) is 4.79. The van der Waals surface area contributed by atoms with E-state index >= 15 is 0 Å². The van der Waals surface area contributed by atoms with Crippen LogP contribution in [0, 0.1) is 0 Å². The number of aliphatic carboxylic acids is 1. The Morgan fingerprint density at radius 3 is 2.62 bits per heavy atom. The Hall–Kier alpha value is -2.37. The largest absolute Gasteiger partial charge is 0.481 e. The molecule has 0 aliphatic heterocycles. The molecule has 0 saturated carbocycles. The molecule has 0 aliphatic rings. The number of hydrogen-bond acceptors (Lipinski definition) is 3. The van der Waals surface area contributed by atoms with Crippen molar-refractivity contribution >= 4 is 23.5 Å². The summed E-state index contributed by atoms with van der Waals surface area (Å²) in [5, 5.41) is 14.0. The average Bonchev–Trinajstić information content (AvgIpc) is 2.45. The molecule has 6 heteroatoms. The third kappa shape index (κ3) is 6.07. The summed E-state index contributed by atoms with van der Waals surface area (Å²) in [5.41, 5.74) is 0.985. The zero-order valence-electron chi connectivity index (χ0n) is 12.2. The Kier molecular flexibility index (Phi) is 6.39. The second-order valence-corrected chi connectivity index (χ2v) is 4.79. The van der Waals surface area contributed by atoms with Crippen molar-refractivity contribution in [2.75, 3.05) is 5.32 Å². The van der Waals surface area contributed by atoms with Crippen molar-refractivity contribution in [2.24, 2.45) is 0 Å². The first-order valence-electron chi connectivity index (χ1n) is 6.85. The number of benzene rings is 1. The predicted octanol–water partition coefficient (Wildman–Crippen LogP) is 2.02. The van der Waals surface area contributed by atoms with Gasteiger partial charge in [0, 0.05) is 30.1 Å². The van der Waals surface area contributed by atoms with Crippen molar-refractivity contribution in [2.45, 2.75) is 39.2 Å². The average molecular weight is 292 g/mol. The van der Waals surface area contributed by atoms with E-state index in [1.165, 1.54) is 0 Å². The second kappa shape index (κ2) is 8.04. The number of anilines is 1. The standard InChI is InChI=1S/C15H20N2O4/c1-3-13(18)17-12-6-4-5-11(9-12)15(21)16-10(2)7-8-14(19)20/h4-6,9-10H,3,7-8H2,1-2H3,(H,16,21)(H,17,18)(H,19,20). The monoisotopic (exact) mass is 292 g/mol. The number of hydrogen-bond donors (Lipinski definition) is 3. The van der Waals surface area contributed by atoms with Crippen LogP contribution in [0.4, 0.5) is 5.69 Å². The maximum atomic E-state index is 12.0. The number of carboxylic acids is 1. The summed E-state index contributed by atoms with van der Waals surface area (Å²) in [6, 6.07) is 6.39. The molecule has 0 radical (unpaired) electrons. The van der Waals surface area contributed by atoms with E-state index in [4.69, 9.17) is 5.11 Å². The van der Waals surface area contributed by atoms with Crippen LogP contribution in [0.5, 0.6) is 0 Å². The number of nitrogens with one attached hydrogen (secondary N) is 2. The maximum absolute atomic E-state index is 12.0. The van der Waals surface area contributed by atoms with Crippen molar-refractivity contribution in [1.29, 1.82) is 0 Å². The summed E-state index contributed by atoms with van der Waals surface area (Å²) in [6.45, 7) is 3.50. The molecule has 114 valence electrons. The number of amides is 2. The first kappa shape index (κ1) is 16.7. The summed E-state index contributed by atoms with van der Waals surface area (Å²) in [6.07, 6.45) is 0.740. The highest BCUT2D eigenvalue weighted by Crippen LogP contribution is 2.11. The summed E-state index contributed by atoms with van der Waals surface area (Å²) in [5.74, 6) is -1.30. The molecular weight excluding hydrogens is 272 g/mol. The lowest BCUT2D eigenvalue weighted by Crippen LogP contribution is -2.33. The lowest BCUT2D eigenvalue weighted by molar-refractivity contribution is -0.137. The highest BCUT2D eigenvalue weighted by molar-refractivity contribution is 5.97.